The van der Waals surface area contributed by atoms with E-state index in [-0.39, 0.29) is 5.91 Å². The minimum absolute atomic E-state index is 0.0944. The van der Waals surface area contributed by atoms with Crippen LogP contribution in [0, 0.1) is 5.92 Å². The van der Waals surface area contributed by atoms with Crippen LogP contribution in [0.4, 0.5) is 0 Å². The van der Waals surface area contributed by atoms with Crippen molar-refractivity contribution in [3.8, 4) is 5.75 Å². The molecule has 0 unspecified atom stereocenters. The minimum atomic E-state index is 0.0944. The third kappa shape index (κ3) is 4.75. The van der Waals surface area contributed by atoms with Gasteiger partial charge >= 0.3 is 0 Å². The predicted molar refractivity (Wildman–Crippen MR) is 130 cm³/mol. The van der Waals surface area contributed by atoms with Gasteiger partial charge in [-0.2, -0.15) is 0 Å². The van der Waals surface area contributed by atoms with E-state index in [2.05, 4.69) is 56.4 Å². The summed E-state index contributed by atoms with van der Waals surface area (Å²) < 4.78 is 5.33. The Kier molecular flexibility index (Phi) is 6.33. The predicted octanol–water partition coefficient (Wildman–Crippen LogP) is 2.65. The van der Waals surface area contributed by atoms with Crippen molar-refractivity contribution >= 4 is 16.9 Å². The molecule has 3 aromatic rings. The highest BCUT2D eigenvalue weighted by molar-refractivity contribution is 5.78. The first-order valence-corrected chi connectivity index (χ1v) is 11.9. The summed E-state index contributed by atoms with van der Waals surface area (Å²) in [6.45, 7) is 4.05. The molecule has 0 aliphatic carbocycles. The van der Waals surface area contributed by atoms with Gasteiger partial charge < -0.3 is 19.9 Å². The topological polar surface area (TPSA) is 73.5 Å². The molecule has 2 saturated heterocycles. The van der Waals surface area contributed by atoms with Gasteiger partial charge in [0.05, 0.1) is 24.7 Å². The third-order valence-corrected chi connectivity index (χ3v) is 7.31. The van der Waals surface area contributed by atoms with Crippen molar-refractivity contribution in [3.63, 3.8) is 0 Å². The van der Waals surface area contributed by atoms with Gasteiger partial charge in [0.2, 0.25) is 5.91 Å². The van der Waals surface area contributed by atoms with Crippen molar-refractivity contribution in [2.24, 2.45) is 5.92 Å². The van der Waals surface area contributed by atoms with E-state index in [0.717, 1.165) is 48.7 Å². The summed E-state index contributed by atoms with van der Waals surface area (Å²) in [4.78, 5) is 25.4. The van der Waals surface area contributed by atoms with Gasteiger partial charge in [-0.15, -0.1) is 0 Å². The molecule has 2 aromatic carbocycles. The number of aromatic amines is 1. The van der Waals surface area contributed by atoms with E-state index in [1.807, 2.05) is 24.3 Å². The number of ether oxygens (including phenoxy) is 1. The number of piperidine rings is 1. The molecule has 7 heteroatoms. The van der Waals surface area contributed by atoms with Gasteiger partial charge in [0.15, 0.2) is 0 Å². The van der Waals surface area contributed by atoms with Crippen LogP contribution in [0.15, 0.2) is 48.5 Å². The van der Waals surface area contributed by atoms with Crippen molar-refractivity contribution < 1.29 is 9.53 Å². The van der Waals surface area contributed by atoms with Crippen molar-refractivity contribution in [2.75, 3.05) is 46.9 Å². The molecule has 33 heavy (non-hydrogen) atoms. The van der Waals surface area contributed by atoms with E-state index in [1.54, 1.807) is 7.11 Å². The van der Waals surface area contributed by atoms with E-state index in [0.29, 0.717) is 37.4 Å². The number of amides is 1. The highest BCUT2D eigenvalue weighted by atomic mass is 16.5. The zero-order chi connectivity index (χ0) is 22.8. The van der Waals surface area contributed by atoms with Gasteiger partial charge in [-0.25, -0.2) is 4.98 Å². The standard InChI is InChI=1S/C26H33N5O2/c1-30-15-20(18-7-9-19(33-2)10-8-18)21-16-31(14-12-24(21)30)17-26(32)27-13-11-25-28-22-5-3-4-6-23(22)29-25/h3-10,20-21,24H,11-17H2,1-2H3,(H,27,32)(H,28,29)/t20-,21-,24-/m1/s1. The fourth-order valence-corrected chi connectivity index (χ4v) is 5.61. The Hall–Kier alpha value is -2.90. The number of likely N-dealkylation sites (N-methyl/N-ethyl adjacent to an activating group) is 1. The van der Waals surface area contributed by atoms with E-state index in [4.69, 9.17) is 4.74 Å². The number of H-pyrrole nitrogens is 1. The molecular formula is C26H33N5O2. The molecule has 3 atom stereocenters. The molecule has 2 N–H and O–H groups in total. The van der Waals surface area contributed by atoms with Gasteiger partial charge in [0.25, 0.3) is 0 Å². The van der Waals surface area contributed by atoms with E-state index < -0.39 is 0 Å². The van der Waals surface area contributed by atoms with Crippen molar-refractivity contribution in [2.45, 2.75) is 24.8 Å². The summed E-state index contributed by atoms with van der Waals surface area (Å²) in [5, 5.41) is 3.08. The number of hydrogen-bond donors (Lipinski definition) is 2. The Bertz CT molecular complexity index is 1060. The van der Waals surface area contributed by atoms with Crippen LogP contribution in [-0.4, -0.2) is 78.6 Å². The molecule has 0 bridgehead atoms. The number of rotatable bonds is 7. The summed E-state index contributed by atoms with van der Waals surface area (Å²) in [6, 6.07) is 17.1. The molecule has 5 rings (SSSR count). The number of benzene rings is 2. The number of hydrogen-bond acceptors (Lipinski definition) is 5. The van der Waals surface area contributed by atoms with E-state index >= 15 is 0 Å². The molecule has 1 amide bonds. The van der Waals surface area contributed by atoms with Crippen LogP contribution in [0.5, 0.6) is 5.75 Å². The maximum Gasteiger partial charge on any atom is 0.234 e. The number of nitrogens with zero attached hydrogens (tertiary/aromatic N) is 3. The van der Waals surface area contributed by atoms with Crippen LogP contribution in [0.3, 0.4) is 0 Å². The number of aromatic nitrogens is 2. The third-order valence-electron chi connectivity index (χ3n) is 7.31. The van der Waals surface area contributed by atoms with Crippen molar-refractivity contribution in [1.82, 2.24) is 25.1 Å². The zero-order valence-corrected chi connectivity index (χ0v) is 19.5. The lowest BCUT2D eigenvalue weighted by Crippen LogP contribution is -2.48. The lowest BCUT2D eigenvalue weighted by molar-refractivity contribution is -0.122. The van der Waals surface area contributed by atoms with Crippen LogP contribution in [-0.2, 0) is 11.2 Å². The molecule has 3 heterocycles. The van der Waals surface area contributed by atoms with Gasteiger partial charge in [-0.05, 0) is 49.2 Å². The molecule has 7 nitrogen and oxygen atoms in total. The number of carbonyl (C=O) groups excluding carboxylic acids is 1. The summed E-state index contributed by atoms with van der Waals surface area (Å²) >= 11 is 0. The molecular weight excluding hydrogens is 414 g/mol. The maximum absolute atomic E-state index is 12.6. The fourth-order valence-electron chi connectivity index (χ4n) is 5.61. The van der Waals surface area contributed by atoms with Gasteiger partial charge in [-0.3, -0.25) is 9.69 Å². The Labute approximate surface area is 195 Å². The first-order valence-electron chi connectivity index (χ1n) is 11.9. The average molecular weight is 448 g/mol. The Balaban J connectivity index is 1.14. The van der Waals surface area contributed by atoms with Gasteiger partial charge in [-0.1, -0.05) is 24.3 Å². The van der Waals surface area contributed by atoms with Crippen LogP contribution < -0.4 is 10.1 Å². The fraction of sp³-hybridized carbons (Fsp3) is 0.462. The Morgan fingerprint density at radius 3 is 2.79 bits per heavy atom. The Morgan fingerprint density at radius 2 is 2.00 bits per heavy atom. The summed E-state index contributed by atoms with van der Waals surface area (Å²) in [6.07, 6.45) is 1.82. The molecule has 1 aromatic heterocycles. The number of likely N-dealkylation sites (tertiary alicyclic amines) is 2. The number of para-hydroxylation sites is 2. The SMILES string of the molecule is COc1ccc([C@H]2CN(C)[C@@H]3CCN(CC(=O)NCCc4nc5ccccc5[nH]4)C[C@H]23)cc1. The second-order valence-electron chi connectivity index (χ2n) is 9.37. The lowest BCUT2D eigenvalue weighted by Gasteiger charge is -2.38. The number of imidazole rings is 1. The first-order chi connectivity index (χ1) is 16.1. The molecule has 2 fully saturated rings. The average Bonchev–Trinajstić information content (AvgIpc) is 3.39. The van der Waals surface area contributed by atoms with Gasteiger partial charge in [0, 0.05) is 44.6 Å². The number of methoxy groups -OCH3 is 1. The molecule has 2 aliphatic rings. The molecule has 0 spiro atoms. The van der Waals surface area contributed by atoms with Crippen molar-refractivity contribution in [3.05, 3.63) is 59.9 Å². The van der Waals surface area contributed by atoms with Crippen LogP contribution in [0.2, 0.25) is 0 Å². The largest absolute Gasteiger partial charge is 0.497 e. The normalized spacial score (nSPS) is 23.5. The van der Waals surface area contributed by atoms with Gasteiger partial charge in [0.1, 0.15) is 11.6 Å². The number of carbonyl (C=O) groups is 1. The quantitative estimate of drug-likeness (QED) is 0.583. The highest BCUT2D eigenvalue weighted by Gasteiger charge is 2.43. The summed E-state index contributed by atoms with van der Waals surface area (Å²) in [5.74, 6) is 2.93. The smallest absolute Gasteiger partial charge is 0.234 e. The molecule has 0 radical (unpaired) electrons. The molecule has 174 valence electrons. The monoisotopic (exact) mass is 447 g/mol. The summed E-state index contributed by atoms with van der Waals surface area (Å²) in [7, 11) is 3.94. The second kappa shape index (κ2) is 9.53. The van der Waals surface area contributed by atoms with E-state index in [1.165, 1.54) is 5.56 Å². The minimum Gasteiger partial charge on any atom is -0.497 e. The molecule has 0 saturated carbocycles. The first kappa shape index (κ1) is 21.9. The molecule has 2 aliphatic heterocycles. The maximum atomic E-state index is 12.6. The van der Waals surface area contributed by atoms with Crippen LogP contribution >= 0.6 is 0 Å². The van der Waals surface area contributed by atoms with E-state index in [9.17, 15) is 4.79 Å². The van der Waals surface area contributed by atoms with Crippen LogP contribution in [0.25, 0.3) is 11.0 Å². The zero-order valence-electron chi connectivity index (χ0n) is 19.5. The van der Waals surface area contributed by atoms with Crippen LogP contribution in [0.1, 0.15) is 23.7 Å². The summed E-state index contributed by atoms with van der Waals surface area (Å²) in [5.41, 5.74) is 3.37. The Morgan fingerprint density at radius 1 is 1.18 bits per heavy atom. The second-order valence-corrected chi connectivity index (χ2v) is 9.37. The lowest BCUT2D eigenvalue weighted by atomic mass is 9.82. The highest BCUT2D eigenvalue weighted by Crippen LogP contribution is 2.40. The number of fused-ring (bicyclic) bond motifs is 2. The number of nitrogens with one attached hydrogen (secondary N) is 2. The van der Waals surface area contributed by atoms with Crippen molar-refractivity contribution in [1.29, 1.82) is 0 Å².